The maximum absolute atomic E-state index is 13.3. The number of halogens is 1. The van der Waals surface area contributed by atoms with Crippen LogP contribution < -0.4 is 0 Å². The summed E-state index contributed by atoms with van der Waals surface area (Å²) >= 11 is 0. The van der Waals surface area contributed by atoms with Crippen LogP contribution >= 0.6 is 0 Å². The number of imidazole rings is 1. The zero-order chi connectivity index (χ0) is 17.2. The first kappa shape index (κ1) is 15.4. The van der Waals surface area contributed by atoms with Crippen molar-refractivity contribution in [1.29, 1.82) is 0 Å². The van der Waals surface area contributed by atoms with Gasteiger partial charge in [0.25, 0.3) is 0 Å². The summed E-state index contributed by atoms with van der Waals surface area (Å²) in [6.07, 6.45) is 3.46. The molecule has 0 atom stereocenters. The van der Waals surface area contributed by atoms with Gasteiger partial charge in [0.15, 0.2) is 5.65 Å². The minimum Gasteiger partial charge on any atom is -0.378 e. The first-order valence-electron chi connectivity index (χ1n) is 7.80. The van der Waals surface area contributed by atoms with Gasteiger partial charge in [-0.25, -0.2) is 14.4 Å². The lowest BCUT2D eigenvalue weighted by Crippen LogP contribution is -2.01. The van der Waals surface area contributed by atoms with Crippen LogP contribution in [-0.2, 0) is 11.3 Å². The van der Waals surface area contributed by atoms with Crippen molar-refractivity contribution in [3.05, 3.63) is 72.4 Å². The largest absolute Gasteiger partial charge is 0.378 e. The number of ether oxygens (including phenoxy) is 1. The van der Waals surface area contributed by atoms with E-state index < -0.39 is 0 Å². The fraction of sp³-hybridized carbons (Fsp3) is 0.105. The molecular weight excluding hydrogens is 319 g/mol. The highest BCUT2D eigenvalue weighted by Crippen LogP contribution is 2.27. The van der Waals surface area contributed by atoms with Gasteiger partial charge in [0.2, 0.25) is 0 Å². The van der Waals surface area contributed by atoms with Crippen LogP contribution in [0.2, 0.25) is 0 Å². The second-order valence-corrected chi connectivity index (χ2v) is 5.56. The summed E-state index contributed by atoms with van der Waals surface area (Å²) < 4.78 is 20.4. The summed E-state index contributed by atoms with van der Waals surface area (Å²) in [6.45, 7) is 0.416. The van der Waals surface area contributed by atoms with Crippen molar-refractivity contribution in [1.82, 2.24) is 19.5 Å². The lowest BCUT2D eigenvalue weighted by Gasteiger charge is -2.10. The molecule has 0 radical (unpaired) electrons. The Morgan fingerprint density at radius 2 is 1.88 bits per heavy atom. The Morgan fingerprint density at radius 3 is 2.68 bits per heavy atom. The first-order chi connectivity index (χ1) is 12.3. The van der Waals surface area contributed by atoms with Gasteiger partial charge in [-0.1, -0.05) is 0 Å². The number of aromatic nitrogens is 4. The summed E-state index contributed by atoms with van der Waals surface area (Å²) in [6, 6.07) is 13.9. The molecule has 5 nitrogen and oxygen atoms in total. The summed E-state index contributed by atoms with van der Waals surface area (Å²) in [5.41, 5.74) is 4.00. The fourth-order valence-electron chi connectivity index (χ4n) is 2.78. The Kier molecular flexibility index (Phi) is 3.95. The predicted molar refractivity (Wildman–Crippen MR) is 92.8 cm³/mol. The van der Waals surface area contributed by atoms with E-state index in [1.165, 1.54) is 12.1 Å². The molecule has 1 aromatic carbocycles. The molecule has 0 saturated carbocycles. The van der Waals surface area contributed by atoms with Crippen LogP contribution in [0.4, 0.5) is 4.39 Å². The van der Waals surface area contributed by atoms with Crippen molar-refractivity contribution in [3.8, 4) is 17.1 Å². The van der Waals surface area contributed by atoms with Gasteiger partial charge in [-0.05, 0) is 48.5 Å². The monoisotopic (exact) mass is 334 g/mol. The number of benzene rings is 1. The zero-order valence-corrected chi connectivity index (χ0v) is 13.6. The number of nitrogens with zero attached hydrogens (tertiary/aromatic N) is 4. The molecule has 4 aromatic rings. The van der Waals surface area contributed by atoms with Gasteiger partial charge >= 0.3 is 0 Å². The molecule has 0 aliphatic carbocycles. The number of methoxy groups -OCH3 is 1. The van der Waals surface area contributed by atoms with E-state index in [9.17, 15) is 4.39 Å². The SMILES string of the molecule is COCc1cc(-n2c(-c3ccc(F)cc3)nc3cccnc32)ccn1. The number of pyridine rings is 2. The van der Waals surface area contributed by atoms with Gasteiger partial charge in [0, 0.05) is 25.1 Å². The molecule has 0 N–H and O–H groups in total. The minimum absolute atomic E-state index is 0.282. The van der Waals surface area contributed by atoms with Gasteiger partial charge in [0.1, 0.15) is 17.2 Å². The Bertz CT molecular complexity index is 1030. The molecule has 6 heteroatoms. The number of rotatable bonds is 4. The molecule has 0 amide bonds. The number of hydrogen-bond acceptors (Lipinski definition) is 4. The topological polar surface area (TPSA) is 52.8 Å². The quantitative estimate of drug-likeness (QED) is 0.570. The van der Waals surface area contributed by atoms with E-state index in [4.69, 9.17) is 9.72 Å². The van der Waals surface area contributed by atoms with Gasteiger partial charge in [-0.2, -0.15) is 0 Å². The van der Waals surface area contributed by atoms with Crippen molar-refractivity contribution < 1.29 is 9.13 Å². The third-order valence-corrected chi connectivity index (χ3v) is 3.87. The van der Waals surface area contributed by atoms with Crippen molar-refractivity contribution in [3.63, 3.8) is 0 Å². The molecule has 0 spiro atoms. The molecule has 3 heterocycles. The van der Waals surface area contributed by atoms with Crippen LogP contribution in [0, 0.1) is 5.82 Å². The van der Waals surface area contributed by atoms with E-state index in [-0.39, 0.29) is 5.82 Å². The fourth-order valence-corrected chi connectivity index (χ4v) is 2.78. The number of fused-ring (bicyclic) bond motifs is 1. The molecule has 3 aromatic heterocycles. The van der Waals surface area contributed by atoms with Gasteiger partial charge < -0.3 is 4.74 Å². The Balaban J connectivity index is 1.96. The Labute approximate surface area is 143 Å². The van der Waals surface area contributed by atoms with E-state index in [0.29, 0.717) is 12.4 Å². The molecule has 0 unspecified atom stereocenters. The second-order valence-electron chi connectivity index (χ2n) is 5.56. The molecule has 0 bridgehead atoms. The average molecular weight is 334 g/mol. The standard InChI is InChI=1S/C19H15FN4O/c1-25-12-15-11-16(8-10-21-15)24-18(13-4-6-14(20)7-5-13)23-17-3-2-9-22-19(17)24/h2-11H,12H2,1H3. The van der Waals surface area contributed by atoms with Gasteiger partial charge in [-0.3, -0.25) is 9.55 Å². The zero-order valence-electron chi connectivity index (χ0n) is 13.6. The summed E-state index contributed by atoms with van der Waals surface area (Å²) in [7, 11) is 1.63. The molecule has 0 fully saturated rings. The first-order valence-corrected chi connectivity index (χ1v) is 7.80. The van der Waals surface area contributed by atoms with Crippen LogP contribution in [0.25, 0.3) is 28.2 Å². The van der Waals surface area contributed by atoms with Gasteiger partial charge in [-0.15, -0.1) is 0 Å². The van der Waals surface area contributed by atoms with Crippen LogP contribution in [0.5, 0.6) is 0 Å². The van der Waals surface area contributed by atoms with E-state index in [2.05, 4.69) is 9.97 Å². The van der Waals surface area contributed by atoms with Gasteiger partial charge in [0.05, 0.1) is 18.0 Å². The summed E-state index contributed by atoms with van der Waals surface area (Å²) in [5, 5.41) is 0. The van der Waals surface area contributed by atoms with E-state index in [1.54, 1.807) is 31.6 Å². The molecule has 4 rings (SSSR count). The van der Waals surface area contributed by atoms with Crippen LogP contribution in [-0.4, -0.2) is 26.6 Å². The lowest BCUT2D eigenvalue weighted by atomic mass is 10.2. The van der Waals surface area contributed by atoms with E-state index in [0.717, 1.165) is 28.1 Å². The molecule has 0 saturated heterocycles. The van der Waals surface area contributed by atoms with Crippen LogP contribution in [0.3, 0.4) is 0 Å². The lowest BCUT2D eigenvalue weighted by molar-refractivity contribution is 0.181. The minimum atomic E-state index is -0.282. The molecule has 25 heavy (non-hydrogen) atoms. The highest BCUT2D eigenvalue weighted by atomic mass is 19.1. The summed E-state index contributed by atoms with van der Waals surface area (Å²) in [5.74, 6) is 0.416. The maximum Gasteiger partial charge on any atom is 0.164 e. The second kappa shape index (κ2) is 6.41. The molecular formula is C19H15FN4O. The van der Waals surface area contributed by atoms with Crippen LogP contribution in [0.15, 0.2) is 60.9 Å². The third-order valence-electron chi connectivity index (χ3n) is 3.87. The van der Waals surface area contributed by atoms with E-state index >= 15 is 0 Å². The normalized spacial score (nSPS) is 11.1. The highest BCUT2D eigenvalue weighted by Gasteiger charge is 2.15. The van der Waals surface area contributed by atoms with Crippen molar-refractivity contribution in [2.75, 3.05) is 7.11 Å². The molecule has 124 valence electrons. The Hall–Kier alpha value is -3.12. The Morgan fingerprint density at radius 1 is 1.04 bits per heavy atom. The predicted octanol–water partition coefficient (Wildman–Crippen LogP) is 3.77. The van der Waals surface area contributed by atoms with Crippen LogP contribution in [0.1, 0.15) is 5.69 Å². The number of hydrogen-bond donors (Lipinski definition) is 0. The third kappa shape index (κ3) is 2.88. The van der Waals surface area contributed by atoms with Crippen molar-refractivity contribution in [2.45, 2.75) is 6.61 Å². The summed E-state index contributed by atoms with van der Waals surface area (Å²) in [4.78, 5) is 13.5. The average Bonchev–Trinajstić information content (AvgIpc) is 3.02. The van der Waals surface area contributed by atoms with E-state index in [1.807, 2.05) is 28.8 Å². The van der Waals surface area contributed by atoms with Crippen molar-refractivity contribution in [2.24, 2.45) is 0 Å². The van der Waals surface area contributed by atoms with Crippen molar-refractivity contribution >= 4 is 11.2 Å². The maximum atomic E-state index is 13.3. The highest BCUT2D eigenvalue weighted by molar-refractivity contribution is 5.79. The molecule has 0 aliphatic rings. The smallest absolute Gasteiger partial charge is 0.164 e. The molecule has 0 aliphatic heterocycles.